The number of carbonyl (C=O) groups excluding carboxylic acids is 1. The van der Waals surface area contributed by atoms with Crippen LogP contribution in [-0.4, -0.2) is 42.1 Å². The van der Waals surface area contributed by atoms with Gasteiger partial charge in [-0.05, 0) is 32.6 Å². The lowest BCUT2D eigenvalue weighted by Crippen LogP contribution is -2.36. The summed E-state index contributed by atoms with van der Waals surface area (Å²) in [6.07, 6.45) is 6.13. The molecule has 0 aromatic carbocycles. The van der Waals surface area contributed by atoms with Crippen LogP contribution in [0.1, 0.15) is 33.1 Å². The van der Waals surface area contributed by atoms with Crippen molar-refractivity contribution in [2.45, 2.75) is 39.2 Å². The first kappa shape index (κ1) is 15.5. The van der Waals surface area contributed by atoms with E-state index in [1.807, 2.05) is 13.8 Å². The Morgan fingerprint density at radius 3 is 2.76 bits per heavy atom. The molecule has 1 N–H and O–H groups in total. The third-order valence-electron chi connectivity index (χ3n) is 3.65. The van der Waals surface area contributed by atoms with Gasteiger partial charge in [0, 0.05) is 26.6 Å². The Morgan fingerprint density at radius 2 is 2.14 bits per heavy atom. The highest BCUT2D eigenvalue weighted by atomic mass is 16.5. The molecule has 1 amide bonds. The van der Waals surface area contributed by atoms with Gasteiger partial charge in [-0.2, -0.15) is 4.98 Å². The lowest BCUT2D eigenvalue weighted by atomic mass is 9.93. The smallest absolute Gasteiger partial charge is 0.234 e. The van der Waals surface area contributed by atoms with Crippen LogP contribution in [0.5, 0.6) is 5.88 Å². The number of amides is 1. The van der Waals surface area contributed by atoms with Gasteiger partial charge >= 0.3 is 0 Å². The number of hydrogen-bond donors (Lipinski definition) is 1. The van der Waals surface area contributed by atoms with E-state index in [-0.39, 0.29) is 12.0 Å². The number of piperidine rings is 1. The standard InChI is InChI=1S/C15H24N4O2/c1-11(2)21-15-10-17-9-13(18-15)19-6-4-12(5-7-19)8-14(20)16-3/h9-12H,4-8H2,1-3H3,(H,16,20). The van der Waals surface area contributed by atoms with Crippen molar-refractivity contribution in [1.82, 2.24) is 15.3 Å². The molecule has 1 aliphatic heterocycles. The Kier molecular flexibility index (Phi) is 5.36. The number of rotatable bonds is 5. The van der Waals surface area contributed by atoms with Crippen molar-refractivity contribution < 1.29 is 9.53 Å². The van der Waals surface area contributed by atoms with Gasteiger partial charge in [-0.3, -0.25) is 9.78 Å². The van der Waals surface area contributed by atoms with Crippen LogP contribution >= 0.6 is 0 Å². The fraction of sp³-hybridized carbons (Fsp3) is 0.667. The zero-order valence-corrected chi connectivity index (χ0v) is 13.0. The van der Waals surface area contributed by atoms with Crippen LogP contribution in [0.3, 0.4) is 0 Å². The summed E-state index contributed by atoms with van der Waals surface area (Å²) in [7, 11) is 1.69. The molecule has 6 nitrogen and oxygen atoms in total. The number of anilines is 1. The summed E-state index contributed by atoms with van der Waals surface area (Å²) in [5.41, 5.74) is 0. The van der Waals surface area contributed by atoms with Gasteiger partial charge in [0.1, 0.15) is 0 Å². The first-order chi connectivity index (χ1) is 10.1. The maximum Gasteiger partial charge on any atom is 0.234 e. The molecular weight excluding hydrogens is 268 g/mol. The van der Waals surface area contributed by atoms with Crippen molar-refractivity contribution in [2.75, 3.05) is 25.0 Å². The molecule has 1 saturated heterocycles. The molecule has 6 heteroatoms. The van der Waals surface area contributed by atoms with Crippen molar-refractivity contribution in [3.63, 3.8) is 0 Å². The zero-order valence-electron chi connectivity index (χ0n) is 13.0. The Hall–Kier alpha value is -1.85. The molecule has 1 aromatic rings. The van der Waals surface area contributed by atoms with Gasteiger partial charge in [-0.15, -0.1) is 0 Å². The highest BCUT2D eigenvalue weighted by Crippen LogP contribution is 2.24. The second kappa shape index (κ2) is 7.24. The van der Waals surface area contributed by atoms with Crippen LogP contribution < -0.4 is 15.0 Å². The van der Waals surface area contributed by atoms with Crippen molar-refractivity contribution >= 4 is 11.7 Å². The van der Waals surface area contributed by atoms with Gasteiger partial charge in [-0.25, -0.2) is 0 Å². The molecule has 2 heterocycles. The van der Waals surface area contributed by atoms with Gasteiger partial charge in [-0.1, -0.05) is 0 Å². The van der Waals surface area contributed by atoms with E-state index in [1.54, 1.807) is 19.4 Å². The van der Waals surface area contributed by atoms with Crippen molar-refractivity contribution in [3.05, 3.63) is 12.4 Å². The Morgan fingerprint density at radius 1 is 1.43 bits per heavy atom. The van der Waals surface area contributed by atoms with E-state index in [9.17, 15) is 4.79 Å². The van der Waals surface area contributed by atoms with E-state index < -0.39 is 0 Å². The van der Waals surface area contributed by atoms with Crippen LogP contribution in [0.2, 0.25) is 0 Å². The van der Waals surface area contributed by atoms with Gasteiger partial charge < -0.3 is 15.0 Å². The van der Waals surface area contributed by atoms with E-state index in [0.29, 0.717) is 18.2 Å². The molecule has 0 saturated carbocycles. The van der Waals surface area contributed by atoms with Crippen molar-refractivity contribution in [2.24, 2.45) is 5.92 Å². The summed E-state index contributed by atoms with van der Waals surface area (Å²) in [6, 6.07) is 0. The van der Waals surface area contributed by atoms with E-state index in [1.165, 1.54) is 0 Å². The third kappa shape index (κ3) is 4.58. The Labute approximate surface area is 125 Å². The predicted molar refractivity (Wildman–Crippen MR) is 81.4 cm³/mol. The molecule has 116 valence electrons. The molecule has 0 bridgehead atoms. The molecule has 0 radical (unpaired) electrons. The molecular formula is C15H24N4O2. The van der Waals surface area contributed by atoms with Crippen LogP contribution in [0.15, 0.2) is 12.4 Å². The number of carbonyl (C=O) groups is 1. The highest BCUT2D eigenvalue weighted by Gasteiger charge is 2.22. The minimum atomic E-state index is 0.0906. The molecule has 1 fully saturated rings. The molecule has 0 aliphatic carbocycles. The van der Waals surface area contributed by atoms with Crippen molar-refractivity contribution in [1.29, 1.82) is 0 Å². The lowest BCUT2D eigenvalue weighted by Gasteiger charge is -2.32. The fourth-order valence-corrected chi connectivity index (χ4v) is 2.52. The van der Waals surface area contributed by atoms with E-state index in [4.69, 9.17) is 4.74 Å². The van der Waals surface area contributed by atoms with Gasteiger partial charge in [0.25, 0.3) is 0 Å². The quantitative estimate of drug-likeness (QED) is 0.893. The number of ether oxygens (including phenoxy) is 1. The predicted octanol–water partition coefficient (Wildman–Crippen LogP) is 1.62. The van der Waals surface area contributed by atoms with Gasteiger partial charge in [0.2, 0.25) is 11.8 Å². The normalized spacial score (nSPS) is 16.1. The van der Waals surface area contributed by atoms with Crippen molar-refractivity contribution in [3.8, 4) is 5.88 Å². The summed E-state index contributed by atoms with van der Waals surface area (Å²) in [5.74, 6) is 2.01. The van der Waals surface area contributed by atoms with Crippen LogP contribution in [0.25, 0.3) is 0 Å². The van der Waals surface area contributed by atoms with E-state index in [0.717, 1.165) is 31.7 Å². The maximum atomic E-state index is 11.4. The summed E-state index contributed by atoms with van der Waals surface area (Å²) in [6.45, 7) is 5.75. The monoisotopic (exact) mass is 292 g/mol. The number of aromatic nitrogens is 2. The van der Waals surface area contributed by atoms with Crippen LogP contribution in [0.4, 0.5) is 5.82 Å². The van der Waals surface area contributed by atoms with E-state index in [2.05, 4.69) is 20.2 Å². The molecule has 1 aliphatic rings. The largest absolute Gasteiger partial charge is 0.474 e. The first-order valence-electron chi connectivity index (χ1n) is 7.52. The molecule has 0 spiro atoms. The number of nitrogens with one attached hydrogen (secondary N) is 1. The summed E-state index contributed by atoms with van der Waals surface area (Å²) in [5, 5.41) is 2.69. The molecule has 0 unspecified atom stereocenters. The van der Waals surface area contributed by atoms with Gasteiger partial charge in [0.05, 0.1) is 18.5 Å². The summed E-state index contributed by atoms with van der Waals surface area (Å²) >= 11 is 0. The maximum absolute atomic E-state index is 11.4. The minimum absolute atomic E-state index is 0.0906. The fourth-order valence-electron chi connectivity index (χ4n) is 2.52. The molecule has 1 aromatic heterocycles. The highest BCUT2D eigenvalue weighted by molar-refractivity contribution is 5.75. The molecule has 0 atom stereocenters. The number of hydrogen-bond acceptors (Lipinski definition) is 5. The van der Waals surface area contributed by atoms with E-state index >= 15 is 0 Å². The topological polar surface area (TPSA) is 67.4 Å². The summed E-state index contributed by atoms with van der Waals surface area (Å²) in [4.78, 5) is 22.3. The minimum Gasteiger partial charge on any atom is -0.474 e. The molecule has 21 heavy (non-hydrogen) atoms. The molecule has 2 rings (SSSR count). The second-order valence-corrected chi connectivity index (χ2v) is 5.69. The van der Waals surface area contributed by atoms with Crippen LogP contribution in [-0.2, 0) is 4.79 Å². The average molecular weight is 292 g/mol. The zero-order chi connectivity index (χ0) is 15.2. The van der Waals surface area contributed by atoms with Crippen LogP contribution in [0, 0.1) is 5.92 Å². The average Bonchev–Trinajstić information content (AvgIpc) is 2.47. The summed E-state index contributed by atoms with van der Waals surface area (Å²) < 4.78 is 5.58. The SMILES string of the molecule is CNC(=O)CC1CCN(c2cncc(OC(C)C)n2)CC1. The first-order valence-corrected chi connectivity index (χ1v) is 7.52. The third-order valence-corrected chi connectivity index (χ3v) is 3.65. The van der Waals surface area contributed by atoms with Gasteiger partial charge in [0.15, 0.2) is 5.82 Å². The lowest BCUT2D eigenvalue weighted by molar-refractivity contribution is -0.121. The Balaban J connectivity index is 1.91. The second-order valence-electron chi connectivity index (χ2n) is 5.69. The Bertz CT molecular complexity index is 470. The number of nitrogens with zero attached hydrogens (tertiary/aromatic N) is 3.